The van der Waals surface area contributed by atoms with Crippen LogP contribution in [0.4, 0.5) is 22.7 Å². The summed E-state index contributed by atoms with van der Waals surface area (Å²) >= 11 is 5.94. The fourth-order valence-electron chi connectivity index (χ4n) is 3.72. The largest absolute Gasteiger partial charge is 0.399 e. The average Bonchev–Trinajstić information content (AvgIpc) is 3.14. The maximum Gasteiger partial charge on any atom is 0.266 e. The minimum absolute atomic E-state index is 0.0564. The van der Waals surface area contributed by atoms with Gasteiger partial charge in [-0.05, 0) is 60.7 Å². The summed E-state index contributed by atoms with van der Waals surface area (Å²) in [5.41, 5.74) is 10.3. The number of thioether (sulfide) groups is 1. The van der Waals surface area contributed by atoms with Crippen molar-refractivity contribution in [2.45, 2.75) is 18.4 Å². The molecule has 1 heterocycles. The summed E-state index contributed by atoms with van der Waals surface area (Å²) in [6.45, 7) is 3.80. The van der Waals surface area contributed by atoms with Crippen molar-refractivity contribution in [2.24, 2.45) is 4.99 Å². The van der Waals surface area contributed by atoms with Gasteiger partial charge in [-0.3, -0.25) is 9.69 Å². The fourth-order valence-corrected chi connectivity index (χ4v) is 5.01. The minimum Gasteiger partial charge on any atom is -0.399 e. The summed E-state index contributed by atoms with van der Waals surface area (Å²) in [5, 5.41) is 3.96. The molecule has 1 amide bonds. The molecule has 4 rings (SSSR count). The van der Waals surface area contributed by atoms with Gasteiger partial charge >= 0.3 is 0 Å². The van der Waals surface area contributed by atoms with Crippen LogP contribution >= 0.6 is 24.4 Å². The zero-order valence-electron chi connectivity index (χ0n) is 19.8. The van der Waals surface area contributed by atoms with Crippen molar-refractivity contribution in [3.05, 3.63) is 89.3 Å². The fraction of sp³-hybridized carbons (Fsp3) is 0.185. The molecule has 0 saturated carbocycles. The van der Waals surface area contributed by atoms with Crippen LogP contribution in [0.5, 0.6) is 0 Å². The van der Waals surface area contributed by atoms with Gasteiger partial charge in [-0.15, -0.1) is 12.6 Å². The van der Waals surface area contributed by atoms with E-state index in [1.165, 1.54) is 11.8 Å². The van der Waals surface area contributed by atoms with Crippen LogP contribution in [0.3, 0.4) is 0 Å². The first-order valence-corrected chi connectivity index (χ1v) is 12.7. The molecule has 0 spiro atoms. The number of thiol groups is 1. The first-order chi connectivity index (χ1) is 17.0. The molecule has 180 valence electrons. The lowest BCUT2D eigenvalue weighted by molar-refractivity contribution is -0.122. The molecule has 1 saturated heterocycles. The van der Waals surface area contributed by atoms with Gasteiger partial charge in [0, 0.05) is 30.7 Å². The molecular formula is C27H29N5OS2. The van der Waals surface area contributed by atoms with Gasteiger partial charge in [0.1, 0.15) is 0 Å². The summed E-state index contributed by atoms with van der Waals surface area (Å²) in [4.78, 5) is 23.7. The molecule has 0 unspecified atom stereocenters. The molecule has 1 fully saturated rings. The number of para-hydroxylation sites is 1. The molecular weight excluding hydrogens is 474 g/mol. The van der Waals surface area contributed by atoms with E-state index in [0.717, 1.165) is 28.4 Å². The number of anilines is 3. The van der Waals surface area contributed by atoms with E-state index >= 15 is 0 Å². The normalized spacial score (nSPS) is 15.7. The molecule has 6 nitrogen and oxygen atoms in total. The molecule has 0 radical (unpaired) electrons. The number of rotatable bonds is 8. The van der Waals surface area contributed by atoms with Gasteiger partial charge in [0.2, 0.25) is 0 Å². The Labute approximate surface area is 216 Å². The SMILES string of the molecule is CCNc1ccc(N)cc1N=C1S/C(=C\CN(C)c2ccccc2S)C(=O)N1Cc1ccccc1. The van der Waals surface area contributed by atoms with Gasteiger partial charge in [-0.1, -0.05) is 42.5 Å². The van der Waals surface area contributed by atoms with Gasteiger partial charge in [0.25, 0.3) is 5.91 Å². The second-order valence-electron chi connectivity index (χ2n) is 8.12. The maximum atomic E-state index is 13.5. The Morgan fingerprint density at radius 3 is 2.60 bits per heavy atom. The predicted molar refractivity (Wildman–Crippen MR) is 152 cm³/mol. The van der Waals surface area contributed by atoms with Crippen molar-refractivity contribution in [1.82, 2.24) is 4.90 Å². The number of hydrogen-bond donors (Lipinski definition) is 3. The number of nitrogens with zero attached hydrogens (tertiary/aromatic N) is 3. The Bertz CT molecular complexity index is 1260. The number of amides is 1. The number of carbonyl (C=O) groups is 1. The van der Waals surface area contributed by atoms with Crippen LogP contribution in [0.25, 0.3) is 0 Å². The number of nitrogens with one attached hydrogen (secondary N) is 1. The second-order valence-corrected chi connectivity index (χ2v) is 9.61. The van der Waals surface area contributed by atoms with Crippen molar-refractivity contribution >= 4 is 58.2 Å². The van der Waals surface area contributed by atoms with E-state index in [-0.39, 0.29) is 5.91 Å². The standard InChI is InChI=1S/C27H29N5OS2/c1-3-29-21-14-13-20(28)17-22(21)30-27-32(18-19-9-5-4-6-10-19)26(33)25(35-27)15-16-31(2)23-11-7-8-12-24(23)34/h4-15,17,29,34H,3,16,18,28H2,1-2H3/b25-15-,30-27?. The molecule has 3 N–H and O–H groups in total. The van der Waals surface area contributed by atoms with Gasteiger partial charge in [-0.25, -0.2) is 4.99 Å². The molecule has 0 aliphatic carbocycles. The Hall–Kier alpha value is -3.36. The minimum atomic E-state index is -0.0564. The van der Waals surface area contributed by atoms with E-state index in [9.17, 15) is 4.79 Å². The van der Waals surface area contributed by atoms with E-state index in [1.807, 2.05) is 92.8 Å². The molecule has 3 aromatic rings. The lowest BCUT2D eigenvalue weighted by Gasteiger charge is -2.19. The molecule has 35 heavy (non-hydrogen) atoms. The summed E-state index contributed by atoms with van der Waals surface area (Å²) < 4.78 is 0. The highest BCUT2D eigenvalue weighted by Gasteiger charge is 2.33. The van der Waals surface area contributed by atoms with Crippen LogP contribution in [-0.4, -0.2) is 36.1 Å². The summed E-state index contributed by atoms with van der Waals surface area (Å²) in [7, 11) is 1.99. The first kappa shape index (κ1) is 24.8. The predicted octanol–water partition coefficient (Wildman–Crippen LogP) is 5.77. The highest BCUT2D eigenvalue weighted by molar-refractivity contribution is 8.18. The number of carbonyl (C=O) groups excluding carboxylic acids is 1. The summed E-state index contributed by atoms with van der Waals surface area (Å²) in [6.07, 6.45) is 1.96. The van der Waals surface area contributed by atoms with Crippen LogP contribution < -0.4 is 16.0 Å². The number of nitrogens with two attached hydrogens (primary N) is 1. The van der Waals surface area contributed by atoms with Crippen LogP contribution in [0.1, 0.15) is 12.5 Å². The molecule has 0 bridgehead atoms. The summed E-state index contributed by atoms with van der Waals surface area (Å²) in [5.74, 6) is -0.0564. The monoisotopic (exact) mass is 503 g/mol. The van der Waals surface area contributed by atoms with E-state index in [4.69, 9.17) is 10.7 Å². The molecule has 0 atom stereocenters. The first-order valence-electron chi connectivity index (χ1n) is 11.4. The van der Waals surface area contributed by atoms with E-state index < -0.39 is 0 Å². The van der Waals surface area contributed by atoms with Gasteiger partial charge in [-0.2, -0.15) is 0 Å². The van der Waals surface area contributed by atoms with Gasteiger partial charge in [0.15, 0.2) is 5.17 Å². The Morgan fingerprint density at radius 2 is 1.86 bits per heavy atom. The van der Waals surface area contributed by atoms with Crippen LogP contribution in [-0.2, 0) is 11.3 Å². The molecule has 1 aliphatic rings. The third-order valence-electron chi connectivity index (χ3n) is 5.52. The van der Waals surface area contributed by atoms with Gasteiger partial charge in [0.05, 0.1) is 28.5 Å². The highest BCUT2D eigenvalue weighted by Crippen LogP contribution is 2.36. The third-order valence-corrected chi connectivity index (χ3v) is 6.95. The lowest BCUT2D eigenvalue weighted by Crippen LogP contribution is -2.28. The van der Waals surface area contributed by atoms with Crippen molar-refractivity contribution in [1.29, 1.82) is 0 Å². The van der Waals surface area contributed by atoms with Crippen LogP contribution in [0.2, 0.25) is 0 Å². The number of hydrogen-bond acceptors (Lipinski definition) is 7. The van der Waals surface area contributed by atoms with Gasteiger partial charge < -0.3 is 16.0 Å². The number of aliphatic imine (C=N–C) groups is 1. The van der Waals surface area contributed by atoms with Crippen molar-refractivity contribution in [3.63, 3.8) is 0 Å². The zero-order valence-corrected chi connectivity index (χ0v) is 21.5. The Kier molecular flexibility index (Phi) is 8.05. The molecule has 8 heteroatoms. The number of likely N-dealkylation sites (N-methyl/N-ethyl adjacent to an activating group) is 1. The van der Waals surface area contributed by atoms with Crippen LogP contribution in [0, 0.1) is 0 Å². The Morgan fingerprint density at radius 1 is 1.11 bits per heavy atom. The van der Waals surface area contributed by atoms with Crippen molar-refractivity contribution in [2.75, 3.05) is 36.1 Å². The lowest BCUT2D eigenvalue weighted by atomic mass is 10.2. The number of benzene rings is 3. The quantitative estimate of drug-likeness (QED) is 0.207. The van der Waals surface area contributed by atoms with Crippen LogP contribution in [0.15, 0.2) is 93.7 Å². The number of nitrogen functional groups attached to an aromatic ring is 1. The zero-order chi connectivity index (χ0) is 24.8. The van der Waals surface area contributed by atoms with E-state index in [1.54, 1.807) is 4.90 Å². The third kappa shape index (κ3) is 6.01. The number of amidine groups is 1. The molecule has 3 aromatic carbocycles. The second kappa shape index (κ2) is 11.4. The topological polar surface area (TPSA) is 74.0 Å². The average molecular weight is 504 g/mol. The van der Waals surface area contributed by atoms with Crippen molar-refractivity contribution < 1.29 is 4.79 Å². The Balaban J connectivity index is 1.66. The maximum absolute atomic E-state index is 13.5. The van der Waals surface area contributed by atoms with E-state index in [2.05, 4.69) is 22.8 Å². The van der Waals surface area contributed by atoms with E-state index in [0.29, 0.717) is 34.5 Å². The van der Waals surface area contributed by atoms with Crippen molar-refractivity contribution in [3.8, 4) is 0 Å². The molecule has 1 aliphatic heterocycles. The smallest absolute Gasteiger partial charge is 0.266 e. The molecule has 0 aromatic heterocycles. The summed E-state index contributed by atoms with van der Waals surface area (Å²) in [6, 6.07) is 23.4. The highest BCUT2D eigenvalue weighted by atomic mass is 32.2.